The molecule has 0 aliphatic carbocycles. The van der Waals surface area contributed by atoms with Crippen LogP contribution in [-0.4, -0.2) is 88.5 Å². The minimum atomic E-state index is -0.290. The molecule has 0 spiro atoms. The Bertz CT molecular complexity index is 353. The Kier molecular flexibility index (Phi) is 9.64. The Labute approximate surface area is 143 Å². The average molecular weight is 349 g/mol. The van der Waals surface area contributed by atoms with E-state index >= 15 is 0 Å². The fraction of sp³-hybridized carbons (Fsp3) is 1.00. The molecule has 24 heavy (non-hydrogen) atoms. The molecular formula is C15H31N3O6. The fourth-order valence-electron chi connectivity index (χ4n) is 3.40. The molecule has 0 saturated carbocycles. The standard InChI is InChI=1S/C15H31N3O6/c1-6-7-11(8-17(19)20)16-18-12(9-21-2)14(23-4)15(24-5)13(18)10-22-3/h11-16H,6-10H2,1-5H3/t11-,12-,13-,14+,15+/m0/s1. The second kappa shape index (κ2) is 10.9. The van der Waals surface area contributed by atoms with Crippen LogP contribution in [0, 0.1) is 10.1 Å². The third-order valence-corrected chi connectivity index (χ3v) is 4.35. The molecule has 1 N–H and O–H groups in total. The van der Waals surface area contributed by atoms with E-state index in [2.05, 4.69) is 5.43 Å². The van der Waals surface area contributed by atoms with Crippen LogP contribution >= 0.6 is 0 Å². The van der Waals surface area contributed by atoms with E-state index in [0.29, 0.717) is 19.6 Å². The molecule has 0 amide bonds. The largest absolute Gasteiger partial charge is 0.383 e. The van der Waals surface area contributed by atoms with Crippen molar-refractivity contribution in [1.82, 2.24) is 10.4 Å². The van der Waals surface area contributed by atoms with Gasteiger partial charge in [-0.2, -0.15) is 0 Å². The van der Waals surface area contributed by atoms with Gasteiger partial charge in [0.15, 0.2) is 0 Å². The third kappa shape index (κ3) is 5.33. The quantitative estimate of drug-likeness (QED) is 0.397. The average Bonchev–Trinajstić information content (AvgIpc) is 2.80. The molecule has 0 aromatic heterocycles. The lowest BCUT2D eigenvalue weighted by Crippen LogP contribution is -2.56. The first-order valence-corrected chi connectivity index (χ1v) is 8.23. The number of hydrazine groups is 1. The molecule has 1 aliphatic heterocycles. The first kappa shape index (κ1) is 21.2. The number of rotatable bonds is 12. The number of nitro groups is 1. The molecular weight excluding hydrogens is 318 g/mol. The van der Waals surface area contributed by atoms with Crippen LogP contribution in [-0.2, 0) is 18.9 Å². The van der Waals surface area contributed by atoms with Gasteiger partial charge in [-0.1, -0.05) is 13.3 Å². The van der Waals surface area contributed by atoms with Crippen molar-refractivity contribution in [3.8, 4) is 0 Å². The van der Waals surface area contributed by atoms with Crippen LogP contribution in [0.15, 0.2) is 0 Å². The van der Waals surface area contributed by atoms with Gasteiger partial charge in [-0.15, -0.1) is 0 Å². The molecule has 1 saturated heterocycles. The maximum atomic E-state index is 11.0. The van der Waals surface area contributed by atoms with Crippen molar-refractivity contribution in [2.75, 3.05) is 48.2 Å². The summed E-state index contributed by atoms with van der Waals surface area (Å²) in [5, 5.41) is 12.9. The van der Waals surface area contributed by atoms with E-state index in [-0.39, 0.29) is 41.8 Å². The summed E-state index contributed by atoms with van der Waals surface area (Å²) in [5.74, 6) is 0. The monoisotopic (exact) mass is 349 g/mol. The van der Waals surface area contributed by atoms with E-state index in [4.69, 9.17) is 18.9 Å². The summed E-state index contributed by atoms with van der Waals surface area (Å²) in [4.78, 5) is 10.7. The van der Waals surface area contributed by atoms with Gasteiger partial charge < -0.3 is 18.9 Å². The highest BCUT2D eigenvalue weighted by Gasteiger charge is 2.50. The van der Waals surface area contributed by atoms with Crippen LogP contribution in [0.2, 0.25) is 0 Å². The van der Waals surface area contributed by atoms with E-state index in [1.807, 2.05) is 11.9 Å². The van der Waals surface area contributed by atoms with E-state index in [0.717, 1.165) is 6.42 Å². The van der Waals surface area contributed by atoms with Crippen LogP contribution < -0.4 is 5.43 Å². The number of nitrogens with one attached hydrogen (secondary N) is 1. The van der Waals surface area contributed by atoms with E-state index in [1.54, 1.807) is 28.4 Å². The third-order valence-electron chi connectivity index (χ3n) is 4.35. The molecule has 0 bridgehead atoms. The Morgan fingerprint density at radius 3 is 1.92 bits per heavy atom. The molecule has 0 aromatic rings. The highest BCUT2D eigenvalue weighted by Crippen LogP contribution is 2.29. The number of nitrogens with zero attached hydrogens (tertiary/aromatic N) is 2. The van der Waals surface area contributed by atoms with Gasteiger partial charge >= 0.3 is 0 Å². The lowest BCUT2D eigenvalue weighted by Gasteiger charge is -2.33. The van der Waals surface area contributed by atoms with Crippen molar-refractivity contribution in [1.29, 1.82) is 0 Å². The number of hydrogen-bond acceptors (Lipinski definition) is 8. The molecule has 0 radical (unpaired) electrons. The Balaban J connectivity index is 3.02. The molecule has 9 nitrogen and oxygen atoms in total. The number of hydrogen-bond donors (Lipinski definition) is 1. The Morgan fingerprint density at radius 2 is 1.58 bits per heavy atom. The minimum Gasteiger partial charge on any atom is -0.383 e. The smallest absolute Gasteiger partial charge is 0.220 e. The van der Waals surface area contributed by atoms with Crippen molar-refractivity contribution < 1.29 is 23.9 Å². The van der Waals surface area contributed by atoms with Gasteiger partial charge in [0.05, 0.1) is 31.3 Å². The van der Waals surface area contributed by atoms with E-state index in [1.165, 1.54) is 0 Å². The van der Waals surface area contributed by atoms with E-state index < -0.39 is 0 Å². The molecule has 1 aliphatic rings. The summed E-state index contributed by atoms with van der Waals surface area (Å²) in [6.07, 6.45) is 1.11. The minimum absolute atomic E-state index is 0.129. The highest BCUT2D eigenvalue weighted by atomic mass is 16.6. The van der Waals surface area contributed by atoms with E-state index in [9.17, 15) is 10.1 Å². The molecule has 1 heterocycles. The van der Waals surface area contributed by atoms with Gasteiger partial charge in [0.1, 0.15) is 12.2 Å². The summed E-state index contributed by atoms with van der Waals surface area (Å²) in [5.41, 5.74) is 3.32. The predicted octanol–water partition coefficient (Wildman–Crippen LogP) is 0.312. The van der Waals surface area contributed by atoms with Gasteiger partial charge in [-0.25, -0.2) is 10.4 Å². The van der Waals surface area contributed by atoms with Gasteiger partial charge in [0.25, 0.3) is 0 Å². The van der Waals surface area contributed by atoms with Gasteiger partial charge in [-0.3, -0.25) is 10.1 Å². The van der Waals surface area contributed by atoms with Crippen LogP contribution in [0.5, 0.6) is 0 Å². The molecule has 9 heteroatoms. The fourth-order valence-corrected chi connectivity index (χ4v) is 3.40. The van der Waals surface area contributed by atoms with Crippen molar-refractivity contribution in [3.05, 3.63) is 10.1 Å². The summed E-state index contributed by atoms with van der Waals surface area (Å²) < 4.78 is 21.9. The molecule has 1 fully saturated rings. The SMILES string of the molecule is CCC[C@@H](C[N+](=O)[O-])NN1[C@@H](COC)[C@@H](OC)[C@H](OC)[C@@H]1COC. The maximum absolute atomic E-state index is 11.0. The molecule has 142 valence electrons. The first-order valence-electron chi connectivity index (χ1n) is 8.23. The molecule has 5 atom stereocenters. The lowest BCUT2D eigenvalue weighted by molar-refractivity contribution is -0.485. The summed E-state index contributed by atoms with van der Waals surface area (Å²) in [6, 6.07) is -0.524. The van der Waals surface area contributed by atoms with Crippen molar-refractivity contribution >= 4 is 0 Å². The zero-order valence-corrected chi connectivity index (χ0v) is 15.3. The van der Waals surface area contributed by atoms with Crippen LogP contribution in [0.25, 0.3) is 0 Å². The Hall–Kier alpha value is -0.840. The molecule has 0 unspecified atom stereocenters. The Morgan fingerprint density at radius 1 is 1.08 bits per heavy atom. The zero-order valence-electron chi connectivity index (χ0n) is 15.3. The van der Waals surface area contributed by atoms with Crippen molar-refractivity contribution in [2.24, 2.45) is 0 Å². The number of ether oxygens (including phenoxy) is 4. The second-order valence-corrected chi connectivity index (χ2v) is 5.98. The van der Waals surface area contributed by atoms with Crippen molar-refractivity contribution in [3.63, 3.8) is 0 Å². The molecule has 1 rings (SSSR count). The number of methoxy groups -OCH3 is 4. The summed E-state index contributed by atoms with van der Waals surface area (Å²) >= 11 is 0. The maximum Gasteiger partial charge on any atom is 0.220 e. The predicted molar refractivity (Wildman–Crippen MR) is 88.5 cm³/mol. The second-order valence-electron chi connectivity index (χ2n) is 5.98. The van der Waals surface area contributed by atoms with Gasteiger partial charge in [0.2, 0.25) is 6.54 Å². The summed E-state index contributed by atoms with van der Waals surface area (Å²) in [6.45, 7) is 2.71. The normalized spacial score (nSPS) is 29.0. The highest BCUT2D eigenvalue weighted by molar-refractivity contribution is 5.01. The lowest BCUT2D eigenvalue weighted by atomic mass is 10.1. The van der Waals surface area contributed by atoms with Crippen LogP contribution in [0.1, 0.15) is 19.8 Å². The first-order chi connectivity index (χ1) is 11.5. The van der Waals surface area contributed by atoms with Crippen LogP contribution in [0.3, 0.4) is 0 Å². The van der Waals surface area contributed by atoms with Gasteiger partial charge in [-0.05, 0) is 6.42 Å². The van der Waals surface area contributed by atoms with Crippen molar-refractivity contribution in [2.45, 2.75) is 50.1 Å². The molecule has 0 aromatic carbocycles. The zero-order chi connectivity index (χ0) is 18.1. The van der Waals surface area contributed by atoms with Crippen LogP contribution in [0.4, 0.5) is 0 Å². The summed E-state index contributed by atoms with van der Waals surface area (Å²) in [7, 11) is 6.51. The topological polar surface area (TPSA) is 95.3 Å². The van der Waals surface area contributed by atoms with Gasteiger partial charge in [0, 0.05) is 33.4 Å².